The highest BCUT2D eigenvalue weighted by Gasteiger charge is 2.11. The lowest BCUT2D eigenvalue weighted by Crippen LogP contribution is -2.31. The van der Waals surface area contributed by atoms with Crippen LogP contribution in [0.15, 0.2) is 24.3 Å². The summed E-state index contributed by atoms with van der Waals surface area (Å²) >= 11 is 0. The second kappa shape index (κ2) is 11.0. The summed E-state index contributed by atoms with van der Waals surface area (Å²) in [5, 5.41) is 2.96. The lowest BCUT2D eigenvalue weighted by atomic mass is 10.2. The number of benzene rings is 1. The molecular weight excluding hydrogens is 292 g/mol. The fraction of sp³-hybridized carbons (Fsp3) is 0.611. The third-order valence-electron chi connectivity index (χ3n) is 3.68. The summed E-state index contributed by atoms with van der Waals surface area (Å²) in [5.41, 5.74) is 0.571. The van der Waals surface area contributed by atoms with Crippen molar-refractivity contribution in [3.05, 3.63) is 29.8 Å². The van der Waals surface area contributed by atoms with Crippen molar-refractivity contribution in [2.24, 2.45) is 0 Å². The predicted octanol–water partition coefficient (Wildman–Crippen LogP) is 2.56. The molecule has 0 saturated heterocycles. The van der Waals surface area contributed by atoms with Crippen LogP contribution >= 0.6 is 0 Å². The molecule has 0 fully saturated rings. The lowest BCUT2D eigenvalue weighted by Gasteiger charge is -2.20. The Hall–Kier alpha value is -1.59. The Labute approximate surface area is 140 Å². The molecule has 23 heavy (non-hydrogen) atoms. The molecule has 0 radical (unpaired) electrons. The average Bonchev–Trinajstić information content (AvgIpc) is 2.55. The van der Waals surface area contributed by atoms with Gasteiger partial charge in [-0.3, -0.25) is 4.79 Å². The van der Waals surface area contributed by atoms with Crippen LogP contribution in [0, 0.1) is 0 Å². The highest BCUT2D eigenvalue weighted by molar-refractivity contribution is 5.96. The third kappa shape index (κ3) is 7.48. The number of ether oxygens (including phenoxy) is 2. The predicted molar refractivity (Wildman–Crippen MR) is 93.1 cm³/mol. The number of amides is 1. The van der Waals surface area contributed by atoms with Crippen molar-refractivity contribution < 1.29 is 14.3 Å². The maximum Gasteiger partial charge on any atom is 0.255 e. The van der Waals surface area contributed by atoms with Crippen LogP contribution in [0.3, 0.4) is 0 Å². The summed E-state index contributed by atoms with van der Waals surface area (Å²) in [6.07, 6.45) is 0.924. The first-order valence-corrected chi connectivity index (χ1v) is 8.34. The average molecular weight is 322 g/mol. The Morgan fingerprint density at radius 2 is 2.00 bits per heavy atom. The van der Waals surface area contributed by atoms with E-state index in [4.69, 9.17) is 9.47 Å². The van der Waals surface area contributed by atoms with Crippen LogP contribution < -0.4 is 10.1 Å². The number of nitrogens with one attached hydrogen (secondary N) is 1. The molecule has 0 atom stereocenters. The molecule has 1 aromatic carbocycles. The molecule has 5 nitrogen and oxygen atoms in total. The van der Waals surface area contributed by atoms with Crippen molar-refractivity contribution in [1.82, 2.24) is 10.2 Å². The van der Waals surface area contributed by atoms with Gasteiger partial charge in [-0.25, -0.2) is 0 Å². The molecular formula is C18H30N2O3. The first kappa shape index (κ1) is 19.5. The van der Waals surface area contributed by atoms with E-state index in [0.717, 1.165) is 13.0 Å². The molecule has 0 heterocycles. The van der Waals surface area contributed by atoms with Crippen LogP contribution in [0.1, 0.15) is 37.6 Å². The molecule has 5 heteroatoms. The summed E-state index contributed by atoms with van der Waals surface area (Å²) in [4.78, 5) is 14.6. The number of carbonyl (C=O) groups is 1. The standard InChI is InChI=1S/C18H30N2O3/c1-5-22-13-14-23-17-10-7-6-9-16(17)18(21)19-11-8-12-20(4)15(2)3/h6-7,9-10,15H,5,8,11-14H2,1-4H3,(H,19,21). The molecule has 0 bridgehead atoms. The third-order valence-corrected chi connectivity index (χ3v) is 3.68. The number of nitrogens with zero attached hydrogens (tertiary/aromatic N) is 1. The monoisotopic (exact) mass is 322 g/mol. The van der Waals surface area contributed by atoms with E-state index in [-0.39, 0.29) is 5.91 Å². The highest BCUT2D eigenvalue weighted by atomic mass is 16.5. The highest BCUT2D eigenvalue weighted by Crippen LogP contribution is 2.17. The van der Waals surface area contributed by atoms with Gasteiger partial charge >= 0.3 is 0 Å². The van der Waals surface area contributed by atoms with Crippen molar-refractivity contribution in [1.29, 1.82) is 0 Å². The van der Waals surface area contributed by atoms with Crippen molar-refractivity contribution in [3.63, 3.8) is 0 Å². The fourth-order valence-electron chi connectivity index (χ4n) is 2.02. The minimum Gasteiger partial charge on any atom is -0.490 e. The van der Waals surface area contributed by atoms with E-state index in [2.05, 4.69) is 31.1 Å². The molecule has 1 amide bonds. The van der Waals surface area contributed by atoms with Crippen LogP contribution in [-0.2, 0) is 4.74 Å². The van der Waals surface area contributed by atoms with Crippen molar-refractivity contribution in [2.75, 3.05) is 40.0 Å². The topological polar surface area (TPSA) is 50.8 Å². The fourth-order valence-corrected chi connectivity index (χ4v) is 2.02. The summed E-state index contributed by atoms with van der Waals surface area (Å²) < 4.78 is 10.9. The van der Waals surface area contributed by atoms with E-state index in [1.54, 1.807) is 6.07 Å². The van der Waals surface area contributed by atoms with E-state index >= 15 is 0 Å². The quantitative estimate of drug-likeness (QED) is 0.636. The van der Waals surface area contributed by atoms with Gasteiger partial charge in [-0.1, -0.05) is 12.1 Å². The summed E-state index contributed by atoms with van der Waals surface area (Å²) in [5.74, 6) is 0.508. The molecule has 0 aromatic heterocycles. The number of carbonyl (C=O) groups excluding carboxylic acids is 1. The second-order valence-corrected chi connectivity index (χ2v) is 5.73. The number of rotatable bonds is 11. The van der Waals surface area contributed by atoms with E-state index in [1.165, 1.54) is 0 Å². The van der Waals surface area contributed by atoms with Crippen molar-refractivity contribution >= 4 is 5.91 Å². The van der Waals surface area contributed by atoms with Crippen molar-refractivity contribution in [2.45, 2.75) is 33.2 Å². The van der Waals surface area contributed by atoms with Gasteiger partial charge in [0.1, 0.15) is 12.4 Å². The summed E-state index contributed by atoms with van der Waals surface area (Å²) in [6, 6.07) is 7.82. The minimum absolute atomic E-state index is 0.0933. The molecule has 0 aliphatic carbocycles. The van der Waals surface area contributed by atoms with Crippen molar-refractivity contribution in [3.8, 4) is 5.75 Å². The van der Waals surface area contributed by atoms with Gasteiger partial charge in [0.2, 0.25) is 0 Å². The van der Waals surface area contributed by atoms with Crippen LogP contribution in [0.25, 0.3) is 0 Å². The smallest absolute Gasteiger partial charge is 0.255 e. The first-order chi connectivity index (χ1) is 11.1. The number of hydrogen-bond acceptors (Lipinski definition) is 4. The Bertz CT molecular complexity index is 463. The number of hydrogen-bond donors (Lipinski definition) is 1. The SMILES string of the molecule is CCOCCOc1ccccc1C(=O)NCCCN(C)C(C)C. The van der Waals surface area contributed by atoms with Gasteiger partial charge in [0.15, 0.2) is 0 Å². The van der Waals surface area contributed by atoms with Gasteiger partial charge in [-0.05, 0) is 52.9 Å². The zero-order valence-electron chi connectivity index (χ0n) is 14.8. The van der Waals surface area contributed by atoms with E-state index in [0.29, 0.717) is 43.7 Å². The van der Waals surface area contributed by atoms with Gasteiger partial charge in [0.05, 0.1) is 12.2 Å². The van der Waals surface area contributed by atoms with Gasteiger partial charge in [0.25, 0.3) is 5.91 Å². The lowest BCUT2D eigenvalue weighted by molar-refractivity contribution is 0.0934. The minimum atomic E-state index is -0.0933. The maximum atomic E-state index is 12.3. The van der Waals surface area contributed by atoms with Crippen LogP contribution in [0.2, 0.25) is 0 Å². The normalized spacial score (nSPS) is 11.0. The Kier molecular flexibility index (Phi) is 9.33. The summed E-state index contributed by atoms with van der Waals surface area (Å²) in [6.45, 7) is 9.51. The zero-order chi connectivity index (χ0) is 17.1. The molecule has 0 unspecified atom stereocenters. The molecule has 130 valence electrons. The van der Waals surface area contributed by atoms with E-state index in [9.17, 15) is 4.79 Å². The molecule has 0 aliphatic rings. The van der Waals surface area contributed by atoms with Crippen LogP contribution in [0.5, 0.6) is 5.75 Å². The maximum absolute atomic E-state index is 12.3. The molecule has 1 N–H and O–H groups in total. The number of para-hydroxylation sites is 1. The van der Waals surface area contributed by atoms with Crippen LogP contribution in [-0.4, -0.2) is 56.8 Å². The largest absolute Gasteiger partial charge is 0.490 e. The van der Waals surface area contributed by atoms with Gasteiger partial charge in [-0.2, -0.15) is 0 Å². The molecule has 1 aromatic rings. The molecule has 0 aliphatic heterocycles. The Morgan fingerprint density at radius 1 is 1.26 bits per heavy atom. The second-order valence-electron chi connectivity index (χ2n) is 5.73. The zero-order valence-corrected chi connectivity index (χ0v) is 14.8. The van der Waals surface area contributed by atoms with Crippen LogP contribution in [0.4, 0.5) is 0 Å². The van der Waals surface area contributed by atoms with Gasteiger partial charge < -0.3 is 19.7 Å². The van der Waals surface area contributed by atoms with E-state index in [1.807, 2.05) is 25.1 Å². The first-order valence-electron chi connectivity index (χ1n) is 8.34. The Morgan fingerprint density at radius 3 is 2.70 bits per heavy atom. The van der Waals surface area contributed by atoms with E-state index < -0.39 is 0 Å². The molecule has 0 saturated carbocycles. The summed E-state index contributed by atoms with van der Waals surface area (Å²) in [7, 11) is 2.09. The van der Waals surface area contributed by atoms with Gasteiger partial charge in [-0.15, -0.1) is 0 Å². The molecule has 1 rings (SSSR count). The molecule has 0 spiro atoms. The Balaban J connectivity index is 2.43. The van der Waals surface area contributed by atoms with Gasteiger partial charge in [0, 0.05) is 19.2 Å².